The molecule has 0 radical (unpaired) electrons. The molecule has 0 saturated heterocycles. The van der Waals surface area contributed by atoms with Crippen molar-refractivity contribution in [1.29, 1.82) is 0 Å². The first-order valence-corrected chi connectivity index (χ1v) is 6.00. The fraction of sp³-hybridized carbons (Fsp3) is 0.231. The maximum atomic E-state index is 10.3. The standard InChI is InChI=1S/C13H14O2S/c1-13(15,12-3-2-8-16-12)9-10-4-6-11(14)7-5-10/h2-8,14-15H,9H2,1H3. The molecule has 0 aliphatic rings. The van der Waals surface area contributed by atoms with E-state index in [2.05, 4.69) is 0 Å². The van der Waals surface area contributed by atoms with Crippen LogP contribution >= 0.6 is 11.3 Å². The molecule has 2 nitrogen and oxygen atoms in total. The number of phenolic OH excluding ortho intramolecular Hbond substituents is 1. The summed E-state index contributed by atoms with van der Waals surface area (Å²) in [5, 5.41) is 21.5. The number of phenols is 1. The van der Waals surface area contributed by atoms with E-state index in [-0.39, 0.29) is 5.75 Å². The summed E-state index contributed by atoms with van der Waals surface area (Å²) in [5.74, 6) is 0.250. The van der Waals surface area contributed by atoms with E-state index < -0.39 is 5.60 Å². The summed E-state index contributed by atoms with van der Waals surface area (Å²) in [6.45, 7) is 1.81. The fourth-order valence-corrected chi connectivity index (χ4v) is 2.47. The highest BCUT2D eigenvalue weighted by Gasteiger charge is 2.24. The molecule has 0 spiro atoms. The van der Waals surface area contributed by atoms with E-state index in [1.165, 1.54) is 0 Å². The van der Waals surface area contributed by atoms with E-state index in [9.17, 15) is 10.2 Å². The third-order valence-electron chi connectivity index (χ3n) is 2.54. The van der Waals surface area contributed by atoms with E-state index in [1.54, 1.807) is 23.5 Å². The number of thiophene rings is 1. The largest absolute Gasteiger partial charge is 0.508 e. The highest BCUT2D eigenvalue weighted by atomic mass is 32.1. The van der Waals surface area contributed by atoms with Crippen LogP contribution in [0.4, 0.5) is 0 Å². The van der Waals surface area contributed by atoms with Gasteiger partial charge in [-0.25, -0.2) is 0 Å². The van der Waals surface area contributed by atoms with Gasteiger partial charge < -0.3 is 10.2 Å². The minimum absolute atomic E-state index is 0.250. The van der Waals surface area contributed by atoms with Crippen molar-refractivity contribution in [2.24, 2.45) is 0 Å². The molecule has 84 valence electrons. The minimum Gasteiger partial charge on any atom is -0.508 e. The van der Waals surface area contributed by atoms with Crippen LogP contribution in [-0.2, 0) is 12.0 Å². The summed E-state index contributed by atoms with van der Waals surface area (Å²) in [7, 11) is 0. The Balaban J connectivity index is 2.18. The zero-order valence-electron chi connectivity index (χ0n) is 9.05. The average Bonchev–Trinajstić information content (AvgIpc) is 2.75. The van der Waals surface area contributed by atoms with Crippen molar-refractivity contribution < 1.29 is 10.2 Å². The predicted octanol–water partition coefficient (Wildman–Crippen LogP) is 2.90. The van der Waals surface area contributed by atoms with Crippen molar-refractivity contribution in [3.8, 4) is 5.75 Å². The summed E-state index contributed by atoms with van der Waals surface area (Å²) in [4.78, 5) is 0.959. The summed E-state index contributed by atoms with van der Waals surface area (Å²) < 4.78 is 0. The molecule has 1 aromatic heterocycles. The summed E-state index contributed by atoms with van der Waals surface area (Å²) in [6, 6.07) is 10.8. The summed E-state index contributed by atoms with van der Waals surface area (Å²) in [5.41, 5.74) is 0.168. The van der Waals surface area contributed by atoms with Crippen LogP contribution in [0.2, 0.25) is 0 Å². The number of hydrogen-bond acceptors (Lipinski definition) is 3. The van der Waals surface area contributed by atoms with Gasteiger partial charge in [-0.2, -0.15) is 0 Å². The Morgan fingerprint density at radius 3 is 2.44 bits per heavy atom. The van der Waals surface area contributed by atoms with Gasteiger partial charge in [0.2, 0.25) is 0 Å². The van der Waals surface area contributed by atoms with Gasteiger partial charge in [-0.15, -0.1) is 11.3 Å². The molecule has 0 fully saturated rings. The Morgan fingerprint density at radius 1 is 1.19 bits per heavy atom. The minimum atomic E-state index is -0.842. The number of aliphatic hydroxyl groups is 1. The Morgan fingerprint density at radius 2 is 1.88 bits per heavy atom. The van der Waals surface area contributed by atoms with Gasteiger partial charge in [-0.05, 0) is 36.1 Å². The topological polar surface area (TPSA) is 40.5 Å². The smallest absolute Gasteiger partial charge is 0.115 e. The van der Waals surface area contributed by atoms with Gasteiger partial charge >= 0.3 is 0 Å². The second-order valence-corrected chi connectivity index (χ2v) is 5.04. The highest BCUT2D eigenvalue weighted by Crippen LogP contribution is 2.29. The van der Waals surface area contributed by atoms with Crippen molar-refractivity contribution in [1.82, 2.24) is 0 Å². The Kier molecular flexibility index (Phi) is 2.99. The average molecular weight is 234 g/mol. The monoisotopic (exact) mass is 234 g/mol. The van der Waals surface area contributed by atoms with Crippen LogP contribution in [0.1, 0.15) is 17.4 Å². The molecule has 0 amide bonds. The molecule has 2 aromatic rings. The summed E-state index contributed by atoms with van der Waals surface area (Å²) >= 11 is 1.55. The van der Waals surface area contributed by atoms with Gasteiger partial charge in [0, 0.05) is 11.3 Å². The SMILES string of the molecule is CC(O)(Cc1ccc(O)cc1)c1cccs1. The molecule has 0 aliphatic heterocycles. The van der Waals surface area contributed by atoms with E-state index in [0.717, 1.165) is 10.4 Å². The number of benzene rings is 1. The first kappa shape index (κ1) is 11.2. The molecular weight excluding hydrogens is 220 g/mol. The lowest BCUT2D eigenvalue weighted by Crippen LogP contribution is -2.22. The van der Waals surface area contributed by atoms with Gasteiger partial charge in [-0.3, -0.25) is 0 Å². The maximum Gasteiger partial charge on any atom is 0.115 e. The quantitative estimate of drug-likeness (QED) is 0.857. The van der Waals surface area contributed by atoms with Crippen molar-refractivity contribution in [2.45, 2.75) is 18.9 Å². The molecule has 0 aliphatic carbocycles. The Labute approximate surface area is 98.8 Å². The molecule has 2 N–H and O–H groups in total. The van der Waals surface area contributed by atoms with Gasteiger partial charge in [0.1, 0.15) is 5.75 Å². The predicted molar refractivity (Wildman–Crippen MR) is 65.7 cm³/mol. The normalized spacial score (nSPS) is 14.6. The van der Waals surface area contributed by atoms with E-state index in [1.807, 2.05) is 36.6 Å². The second kappa shape index (κ2) is 4.28. The fourth-order valence-electron chi connectivity index (χ4n) is 1.68. The highest BCUT2D eigenvalue weighted by molar-refractivity contribution is 7.10. The van der Waals surface area contributed by atoms with Crippen LogP contribution in [0.5, 0.6) is 5.75 Å². The molecule has 0 bridgehead atoms. The lowest BCUT2D eigenvalue weighted by molar-refractivity contribution is 0.0615. The van der Waals surface area contributed by atoms with E-state index in [0.29, 0.717) is 6.42 Å². The third-order valence-corrected chi connectivity index (χ3v) is 3.66. The molecule has 1 aromatic carbocycles. The second-order valence-electron chi connectivity index (χ2n) is 4.09. The van der Waals surface area contributed by atoms with Crippen molar-refractivity contribution >= 4 is 11.3 Å². The van der Waals surface area contributed by atoms with Gasteiger partial charge in [-0.1, -0.05) is 18.2 Å². The van der Waals surface area contributed by atoms with Crippen molar-refractivity contribution in [3.05, 3.63) is 52.2 Å². The zero-order chi connectivity index (χ0) is 11.6. The van der Waals surface area contributed by atoms with Crippen LogP contribution < -0.4 is 0 Å². The first-order valence-electron chi connectivity index (χ1n) is 5.12. The van der Waals surface area contributed by atoms with Gasteiger partial charge in [0.25, 0.3) is 0 Å². The van der Waals surface area contributed by atoms with Gasteiger partial charge in [0.05, 0.1) is 5.60 Å². The number of rotatable bonds is 3. The number of hydrogen-bond donors (Lipinski definition) is 2. The van der Waals surface area contributed by atoms with Crippen LogP contribution in [-0.4, -0.2) is 10.2 Å². The molecule has 1 heterocycles. The van der Waals surface area contributed by atoms with Crippen LogP contribution in [0.15, 0.2) is 41.8 Å². The van der Waals surface area contributed by atoms with Crippen LogP contribution in [0, 0.1) is 0 Å². The molecule has 1 atom stereocenters. The van der Waals surface area contributed by atoms with Gasteiger partial charge in [0.15, 0.2) is 0 Å². The van der Waals surface area contributed by atoms with Crippen molar-refractivity contribution in [2.75, 3.05) is 0 Å². The number of aromatic hydroxyl groups is 1. The molecule has 1 unspecified atom stereocenters. The van der Waals surface area contributed by atoms with Crippen molar-refractivity contribution in [3.63, 3.8) is 0 Å². The molecule has 16 heavy (non-hydrogen) atoms. The van der Waals surface area contributed by atoms with Crippen LogP contribution in [0.3, 0.4) is 0 Å². The molecule has 0 saturated carbocycles. The zero-order valence-corrected chi connectivity index (χ0v) is 9.87. The lowest BCUT2D eigenvalue weighted by atomic mass is 9.95. The molecular formula is C13H14O2S. The van der Waals surface area contributed by atoms with E-state index in [4.69, 9.17) is 0 Å². The first-order chi connectivity index (χ1) is 7.58. The lowest BCUT2D eigenvalue weighted by Gasteiger charge is -2.21. The van der Waals surface area contributed by atoms with E-state index >= 15 is 0 Å². The molecule has 2 rings (SSSR count). The van der Waals surface area contributed by atoms with Crippen LogP contribution in [0.25, 0.3) is 0 Å². The third kappa shape index (κ3) is 2.43. The Hall–Kier alpha value is -1.32. The maximum absolute atomic E-state index is 10.3. The molecule has 3 heteroatoms. The Bertz CT molecular complexity index is 443. The summed E-state index contributed by atoms with van der Waals surface area (Å²) in [6.07, 6.45) is 0.549.